The van der Waals surface area contributed by atoms with Gasteiger partial charge in [0.15, 0.2) is 40.8 Å². The zero-order chi connectivity index (χ0) is 93.4. The van der Waals surface area contributed by atoms with E-state index in [-0.39, 0.29) is 145 Å². The van der Waals surface area contributed by atoms with Gasteiger partial charge in [0.25, 0.3) is 0 Å². The number of aromatic amines is 1. The number of para-hydroxylation sites is 1. The first kappa shape index (κ1) is 100. The minimum atomic E-state index is -1.42. The second-order valence-corrected chi connectivity index (χ2v) is 33.6. The molecule has 0 spiro atoms. The zero-order valence-electron chi connectivity index (χ0n) is 72.0. The van der Waals surface area contributed by atoms with Gasteiger partial charge < -0.3 is 148 Å². The third-order valence-corrected chi connectivity index (χ3v) is 24.1. The number of unbranched alkanes of at least 4 members (excludes halogenated alkanes) is 3. The van der Waals surface area contributed by atoms with Crippen molar-refractivity contribution in [2.24, 2.45) is 52.0 Å². The van der Waals surface area contributed by atoms with Gasteiger partial charge in [0.1, 0.15) is 42.3 Å². The molecule has 0 unspecified atom stereocenters. The number of guanidine groups is 2. The van der Waals surface area contributed by atoms with Crippen LogP contribution in [-0.2, 0) is 70.4 Å². The van der Waals surface area contributed by atoms with Gasteiger partial charge in [-0.3, -0.25) is 68.1 Å². The molecule has 42 nitrogen and oxygen atoms in total. The molecule has 702 valence electrons. The van der Waals surface area contributed by atoms with Gasteiger partial charge in [-0.05, 0) is 198 Å². The second-order valence-electron chi connectivity index (χ2n) is 31.6. The van der Waals surface area contributed by atoms with Gasteiger partial charge in [-0.2, -0.15) is 11.8 Å². The molecule has 1 aliphatic carbocycles. The number of H-pyrrole nitrogens is 1. The van der Waals surface area contributed by atoms with Crippen molar-refractivity contribution in [3.8, 4) is 40.5 Å². The molecule has 44 heteroatoms. The van der Waals surface area contributed by atoms with Crippen LogP contribution < -0.4 is 118 Å². The number of hydrogen-bond acceptors (Lipinski definition) is 28. The number of hydrogen-bond donors (Lipinski definition) is 26. The predicted octanol–water partition coefficient (Wildman–Crippen LogP) is 0.360. The van der Waals surface area contributed by atoms with Crippen LogP contribution in [0.4, 0.5) is 11.4 Å². The van der Waals surface area contributed by atoms with E-state index in [4.69, 9.17) is 69.9 Å². The van der Waals surface area contributed by atoms with Crippen molar-refractivity contribution >= 4 is 123 Å². The Hall–Kier alpha value is -12.7. The Bertz CT molecular complexity index is 4910. The Morgan fingerprint density at radius 2 is 1.12 bits per heavy atom. The highest BCUT2D eigenvalue weighted by molar-refractivity contribution is 7.99. The van der Waals surface area contributed by atoms with Crippen LogP contribution in [0, 0.1) is 22.7 Å². The van der Waals surface area contributed by atoms with E-state index in [1.165, 1.54) is 31.0 Å². The Morgan fingerprint density at radius 3 is 1.68 bits per heavy atom. The minimum Gasteiger partial charge on any atom is -0.504 e. The van der Waals surface area contributed by atoms with Crippen molar-refractivity contribution in [3.05, 3.63) is 107 Å². The average Bonchev–Trinajstić information content (AvgIpc) is 1.63. The van der Waals surface area contributed by atoms with E-state index in [2.05, 4.69) is 68.8 Å². The number of cyclic esters (lactones) is 1. The lowest BCUT2D eigenvalue weighted by Crippen LogP contribution is -2.60. The predicted molar refractivity (Wildman–Crippen MR) is 484 cm³/mol. The van der Waals surface area contributed by atoms with Gasteiger partial charge in [-0.15, -0.1) is 11.8 Å². The van der Waals surface area contributed by atoms with Crippen LogP contribution in [0.5, 0.6) is 40.5 Å². The number of ether oxygens (including phenoxy) is 4. The monoisotopic (exact) mass is 1830 g/mol. The maximum atomic E-state index is 14.9. The molecule has 0 radical (unpaired) electrons. The summed E-state index contributed by atoms with van der Waals surface area (Å²) >= 11 is 2.27. The third kappa shape index (κ3) is 28.7. The number of nitrogens with one attached hydrogen (secondary N) is 15. The second kappa shape index (κ2) is 49.6. The van der Waals surface area contributed by atoms with Crippen molar-refractivity contribution in [2.75, 3.05) is 88.2 Å². The summed E-state index contributed by atoms with van der Waals surface area (Å²) in [5.41, 5.74) is 44.9. The molecule has 3 aliphatic rings. The zero-order valence-corrected chi connectivity index (χ0v) is 73.7. The van der Waals surface area contributed by atoms with Gasteiger partial charge in [-0.1, -0.05) is 18.2 Å². The van der Waals surface area contributed by atoms with E-state index in [0.29, 0.717) is 90.4 Å². The van der Waals surface area contributed by atoms with E-state index in [1.54, 1.807) is 54.9 Å². The third-order valence-electron chi connectivity index (χ3n) is 22.3. The van der Waals surface area contributed by atoms with Crippen molar-refractivity contribution in [3.63, 3.8) is 0 Å². The van der Waals surface area contributed by atoms with Gasteiger partial charge >= 0.3 is 5.97 Å². The number of thioether (sulfide) groups is 2. The van der Waals surface area contributed by atoms with Crippen LogP contribution in [0.25, 0.3) is 10.9 Å². The quantitative estimate of drug-likeness (QED) is 0.00612. The molecule has 6 aromatic rings. The molecule has 10 amide bonds. The summed E-state index contributed by atoms with van der Waals surface area (Å²) < 4.78 is 23.7. The number of primary amides is 1. The molecule has 0 saturated carbocycles. The number of nitrogens with two attached hydrogens (primary N) is 7. The number of esters is 1. The normalized spacial score (nSPS) is 16.6. The number of aromatic hydroxyl groups is 4. The number of aromatic nitrogens is 2. The fourth-order valence-electron chi connectivity index (χ4n) is 15.5. The number of amides is 10. The molecule has 129 heavy (non-hydrogen) atoms. The minimum absolute atomic E-state index is 0.000710. The lowest BCUT2D eigenvalue weighted by molar-refractivity contribution is -0.141. The highest BCUT2D eigenvalue weighted by Crippen LogP contribution is 2.56. The molecule has 1 fully saturated rings. The molecule has 9 rings (SSSR count). The Balaban J connectivity index is 0.795. The summed E-state index contributed by atoms with van der Waals surface area (Å²) in [6.45, 7) is 0.578. The van der Waals surface area contributed by atoms with E-state index >= 15 is 0 Å². The number of benzene rings is 4. The molecular weight excluding hydrogens is 1710 g/mol. The van der Waals surface area contributed by atoms with E-state index < -0.39 is 167 Å². The molecular formula is C85H121N23O19S2. The van der Waals surface area contributed by atoms with Crippen LogP contribution >= 0.6 is 23.5 Å². The van der Waals surface area contributed by atoms with Gasteiger partial charge in [-0.25, -0.2) is 0 Å². The van der Waals surface area contributed by atoms with Gasteiger partial charge in [0, 0.05) is 97.6 Å². The highest BCUT2D eigenvalue weighted by atomic mass is 32.2. The number of nitrogens with zero attached hydrogens (tertiary/aromatic N) is 1. The lowest BCUT2D eigenvalue weighted by atomic mass is 9.65. The first-order valence-corrected chi connectivity index (χ1v) is 45.2. The summed E-state index contributed by atoms with van der Waals surface area (Å²) in [6, 6.07) is 11.0. The van der Waals surface area contributed by atoms with E-state index in [1.807, 2.05) is 24.3 Å². The van der Waals surface area contributed by atoms with Crippen molar-refractivity contribution in [1.29, 1.82) is 10.8 Å². The number of carbonyl (C=O) groups excluding carboxylic acids is 11. The molecule has 4 heterocycles. The van der Waals surface area contributed by atoms with Crippen molar-refractivity contribution in [1.82, 2.24) is 62.7 Å². The van der Waals surface area contributed by atoms with Crippen molar-refractivity contribution in [2.45, 2.75) is 181 Å². The van der Waals surface area contributed by atoms with Crippen LogP contribution in [0.1, 0.15) is 137 Å². The van der Waals surface area contributed by atoms with Crippen LogP contribution in [0.3, 0.4) is 0 Å². The topological polar surface area (TPSA) is 701 Å². The largest absolute Gasteiger partial charge is 0.504 e. The summed E-state index contributed by atoms with van der Waals surface area (Å²) in [6.07, 6.45) is 5.77. The first-order valence-electron chi connectivity index (χ1n) is 42.8. The molecule has 12 atom stereocenters. The number of methoxy groups -OCH3 is 1. The fourth-order valence-corrected chi connectivity index (χ4v) is 16.9. The van der Waals surface area contributed by atoms with Crippen molar-refractivity contribution < 1.29 is 92.1 Å². The molecule has 33 N–H and O–H groups in total. The van der Waals surface area contributed by atoms with Gasteiger partial charge in [0.05, 0.1) is 36.6 Å². The summed E-state index contributed by atoms with van der Waals surface area (Å²) in [5.74, 6) is -11.0. The average molecular weight is 1830 g/mol. The van der Waals surface area contributed by atoms with Crippen LogP contribution in [-0.4, -0.2) is 233 Å². The number of phenolic OH excluding ortho intramolecular Hbond substituents is 2. The smallest absolute Gasteiger partial charge is 0.310 e. The number of anilines is 2. The fraction of sp³-hybridized carbons (Fsp3) is 0.494. The maximum Gasteiger partial charge on any atom is 0.310 e. The lowest BCUT2D eigenvalue weighted by Gasteiger charge is -2.40. The number of fused-ring (bicyclic) bond motifs is 4. The number of phenols is 2. The standard InChI is InChI=1S/C85H121N23O19S2/c1-124-65-37-45(36-62(109)73(65)113)70-50-38-63-64(127-44-126-63)39-51(50)72(52-42-125-83(123)71(52)70)100-48-22-20-47(21-23-48)99-68(111)25-33-108-69(112)40-66(82(108)122)129-43-53(89)75(115)95-32-24-67(110)101-56(18-11-30-96-84(91)92)76(116)104-59(19-12-31-97-85(93)94)78(118)106-60(26-34-128-2)80(120)103-58(17-7-10-29-88)79(119)107-61(35-46-41-98-54-14-4-3-13-49(46)54)81(121)105-57(16-6-9-28-87)77(117)102-55(74(90)114)15-5-8-27-86/h3-4,13-14,20-23,36-41,52-53,55-61,70-72,98,100,109,112-113,122H,5-12,15-19,24-35,42-44,86-89H2,1-2H3,(H2,90,114)(H,95,115)(H,99,111)(H,101,110)(H,102,117)(H,103,120)(H,104,116)(H,105,121)(H,106,118)(H,107,119)(H4,91,92,96)(H4,93,94,97)/t52-,53-,55-,56-,57-,58-,59-,60-,61-,70+,71-,72+/m0/s1. The molecule has 2 aromatic heterocycles. The number of carbonyl (C=O) groups is 11. The molecule has 4 aromatic carbocycles. The van der Waals surface area contributed by atoms with Crippen LogP contribution in [0.2, 0.25) is 0 Å². The number of rotatable bonds is 54. The summed E-state index contributed by atoms with van der Waals surface area (Å²) in [5, 5.41) is 93.0. The maximum absolute atomic E-state index is 14.9. The molecule has 0 bridgehead atoms. The SMILES string of the molecule is COc1cc([C@@H]2c3cc4c(cc3[C@@H](Nc3ccc(NC(=O)CCn5c(O)cc(SC[C@H](N)C(=O)NCCC(=O)N[C@@H](CCCNC(=N)N)C(=O)N[C@@H](CCCNC(=N)N)C(=O)N[C@@H](CCSC)C(=O)N[C@@H](CCCCN)C(=O)N[C@@H](Cc6c[nH]c7ccccc67)C(=O)N[C@@H](CCCCN)C(=O)N[C@@H](CCCCN)C(N)=O)c5O)cc3)[C@H]3COC(=O)[C@H]23)OCO4)cc(O)c1O. The Kier molecular flexibility index (Phi) is 38.5. The first-order chi connectivity index (χ1) is 61.9. The van der Waals surface area contributed by atoms with E-state index in [0.717, 1.165) is 32.8 Å². The Morgan fingerprint density at radius 1 is 0.589 bits per heavy atom. The summed E-state index contributed by atoms with van der Waals surface area (Å²) in [7, 11) is 1.35. The summed E-state index contributed by atoms with van der Waals surface area (Å²) in [4.78, 5) is 158. The highest BCUT2D eigenvalue weighted by Gasteiger charge is 2.53. The van der Waals surface area contributed by atoms with Gasteiger partial charge in [0.2, 0.25) is 77.5 Å². The Labute approximate surface area is 753 Å². The molecule has 1 saturated heterocycles. The van der Waals surface area contributed by atoms with E-state index in [9.17, 15) is 73.2 Å². The van der Waals surface area contributed by atoms with Crippen LogP contribution in [0.15, 0.2) is 90.0 Å². The molecule has 2 aliphatic heterocycles.